The predicted molar refractivity (Wildman–Crippen MR) is 71.1 cm³/mol. The summed E-state index contributed by atoms with van der Waals surface area (Å²) < 4.78 is 9.84. The van der Waals surface area contributed by atoms with Crippen LogP contribution in [-0.2, 0) is 16.0 Å². The molecule has 0 bridgehead atoms. The molecule has 0 aliphatic carbocycles. The number of likely N-dealkylation sites (tertiary alicyclic amines) is 1. The van der Waals surface area contributed by atoms with Gasteiger partial charge in [-0.2, -0.15) is 0 Å². The number of carbonyl (C=O) groups excluding carboxylic acids is 2. The molecule has 1 aliphatic rings. The summed E-state index contributed by atoms with van der Waals surface area (Å²) in [5.41, 5.74) is 0.761. The van der Waals surface area contributed by atoms with Gasteiger partial charge >= 0.3 is 5.97 Å². The molecule has 2 heterocycles. The van der Waals surface area contributed by atoms with Crippen LogP contribution >= 0.6 is 0 Å². The first-order valence-corrected chi connectivity index (χ1v) is 6.87. The van der Waals surface area contributed by atoms with Gasteiger partial charge in [0.2, 0.25) is 5.76 Å². The maximum absolute atomic E-state index is 12.4. The van der Waals surface area contributed by atoms with E-state index in [1.54, 1.807) is 6.07 Å². The molecule has 0 spiro atoms. The number of esters is 1. The Morgan fingerprint density at radius 1 is 1.55 bits per heavy atom. The Balaban J connectivity index is 2.10. The molecule has 1 atom stereocenters. The molecule has 1 aliphatic heterocycles. The van der Waals surface area contributed by atoms with Crippen LogP contribution in [0.5, 0.6) is 0 Å². The second-order valence-electron chi connectivity index (χ2n) is 5.46. The topological polar surface area (TPSA) is 72.6 Å². The van der Waals surface area contributed by atoms with Crippen LogP contribution in [0.4, 0.5) is 0 Å². The molecule has 20 heavy (non-hydrogen) atoms. The van der Waals surface area contributed by atoms with Crippen LogP contribution in [0.3, 0.4) is 0 Å². The van der Waals surface area contributed by atoms with E-state index in [9.17, 15) is 9.59 Å². The number of hydrogen-bond acceptors (Lipinski definition) is 5. The monoisotopic (exact) mass is 280 g/mol. The van der Waals surface area contributed by atoms with Crippen molar-refractivity contribution in [3.8, 4) is 0 Å². The summed E-state index contributed by atoms with van der Waals surface area (Å²) in [6.45, 7) is 4.69. The SMILES string of the molecule is COC(=O)[C@H]1CCCN1C(=O)c1cc(CC(C)C)no1. The van der Waals surface area contributed by atoms with Crippen molar-refractivity contribution in [3.05, 3.63) is 17.5 Å². The summed E-state index contributed by atoms with van der Waals surface area (Å²) in [6, 6.07) is 1.15. The molecule has 0 radical (unpaired) electrons. The van der Waals surface area contributed by atoms with Gasteiger partial charge in [-0.3, -0.25) is 4.79 Å². The maximum atomic E-state index is 12.4. The lowest BCUT2D eigenvalue weighted by molar-refractivity contribution is -0.145. The zero-order chi connectivity index (χ0) is 14.7. The molecule has 0 unspecified atom stereocenters. The third kappa shape index (κ3) is 3.00. The Kier molecular flexibility index (Phi) is 4.42. The van der Waals surface area contributed by atoms with Crippen LogP contribution in [0.2, 0.25) is 0 Å². The number of amides is 1. The van der Waals surface area contributed by atoms with E-state index in [4.69, 9.17) is 9.26 Å². The van der Waals surface area contributed by atoms with Crippen molar-refractivity contribution in [1.82, 2.24) is 10.1 Å². The van der Waals surface area contributed by atoms with Gasteiger partial charge in [-0.25, -0.2) is 4.79 Å². The van der Waals surface area contributed by atoms with Gasteiger partial charge in [0, 0.05) is 12.6 Å². The van der Waals surface area contributed by atoms with Crippen LogP contribution in [0.15, 0.2) is 10.6 Å². The van der Waals surface area contributed by atoms with Crippen molar-refractivity contribution in [2.45, 2.75) is 39.2 Å². The van der Waals surface area contributed by atoms with Crippen LogP contribution in [-0.4, -0.2) is 41.6 Å². The second-order valence-corrected chi connectivity index (χ2v) is 5.46. The van der Waals surface area contributed by atoms with E-state index in [-0.39, 0.29) is 17.6 Å². The van der Waals surface area contributed by atoms with E-state index in [0.29, 0.717) is 18.9 Å². The average molecular weight is 280 g/mol. The van der Waals surface area contributed by atoms with Gasteiger partial charge in [0.05, 0.1) is 12.8 Å². The summed E-state index contributed by atoms with van der Waals surface area (Å²) in [5, 5.41) is 3.90. The molecule has 0 N–H and O–H groups in total. The van der Waals surface area contributed by atoms with Crippen molar-refractivity contribution in [2.75, 3.05) is 13.7 Å². The van der Waals surface area contributed by atoms with Crippen molar-refractivity contribution >= 4 is 11.9 Å². The highest BCUT2D eigenvalue weighted by molar-refractivity contribution is 5.94. The fourth-order valence-electron chi connectivity index (χ4n) is 2.46. The molecule has 1 aromatic rings. The molecule has 1 saturated heterocycles. The summed E-state index contributed by atoms with van der Waals surface area (Å²) in [6.07, 6.45) is 2.18. The lowest BCUT2D eigenvalue weighted by atomic mass is 10.1. The summed E-state index contributed by atoms with van der Waals surface area (Å²) >= 11 is 0. The number of rotatable bonds is 4. The highest BCUT2D eigenvalue weighted by atomic mass is 16.5. The summed E-state index contributed by atoms with van der Waals surface area (Å²) in [7, 11) is 1.33. The zero-order valence-corrected chi connectivity index (χ0v) is 12.1. The maximum Gasteiger partial charge on any atom is 0.328 e. The molecule has 1 amide bonds. The minimum Gasteiger partial charge on any atom is -0.467 e. The quantitative estimate of drug-likeness (QED) is 0.784. The van der Waals surface area contributed by atoms with E-state index >= 15 is 0 Å². The van der Waals surface area contributed by atoms with E-state index in [1.807, 2.05) is 0 Å². The van der Waals surface area contributed by atoms with Gasteiger partial charge in [0.15, 0.2) is 0 Å². The van der Waals surface area contributed by atoms with Gasteiger partial charge in [-0.15, -0.1) is 0 Å². The number of methoxy groups -OCH3 is 1. The molecule has 6 heteroatoms. The molecular formula is C14H20N2O4. The minimum absolute atomic E-state index is 0.191. The number of nitrogens with zero attached hydrogens (tertiary/aromatic N) is 2. The van der Waals surface area contributed by atoms with E-state index in [0.717, 1.165) is 18.5 Å². The first kappa shape index (κ1) is 14.6. The van der Waals surface area contributed by atoms with Crippen LogP contribution < -0.4 is 0 Å². The molecule has 0 aromatic carbocycles. The molecule has 1 aromatic heterocycles. The van der Waals surface area contributed by atoms with Crippen molar-refractivity contribution in [3.63, 3.8) is 0 Å². The average Bonchev–Trinajstić information content (AvgIpc) is 3.04. The number of ether oxygens (including phenoxy) is 1. The Labute approximate surface area is 118 Å². The van der Waals surface area contributed by atoms with Crippen molar-refractivity contribution in [1.29, 1.82) is 0 Å². The lowest BCUT2D eigenvalue weighted by Crippen LogP contribution is -2.40. The Hall–Kier alpha value is -1.85. The molecule has 1 fully saturated rings. The molecule has 110 valence electrons. The van der Waals surface area contributed by atoms with Crippen LogP contribution in [0, 0.1) is 5.92 Å². The predicted octanol–water partition coefficient (Wildman–Crippen LogP) is 1.65. The first-order valence-electron chi connectivity index (χ1n) is 6.87. The largest absolute Gasteiger partial charge is 0.467 e. The zero-order valence-electron chi connectivity index (χ0n) is 12.1. The minimum atomic E-state index is -0.508. The highest BCUT2D eigenvalue weighted by Gasteiger charge is 2.36. The smallest absolute Gasteiger partial charge is 0.328 e. The normalized spacial score (nSPS) is 18.6. The molecular weight excluding hydrogens is 260 g/mol. The fourth-order valence-corrected chi connectivity index (χ4v) is 2.46. The van der Waals surface area contributed by atoms with Gasteiger partial charge in [0.25, 0.3) is 5.91 Å². The number of carbonyl (C=O) groups is 2. The van der Waals surface area contributed by atoms with Crippen LogP contribution in [0.25, 0.3) is 0 Å². The fraction of sp³-hybridized carbons (Fsp3) is 0.643. The van der Waals surface area contributed by atoms with E-state index in [1.165, 1.54) is 12.0 Å². The van der Waals surface area contributed by atoms with Crippen molar-refractivity contribution in [2.24, 2.45) is 5.92 Å². The second kappa shape index (κ2) is 6.07. The first-order chi connectivity index (χ1) is 9.52. The number of aromatic nitrogens is 1. The Morgan fingerprint density at radius 3 is 2.95 bits per heavy atom. The van der Waals surface area contributed by atoms with E-state index in [2.05, 4.69) is 19.0 Å². The standard InChI is InChI=1S/C14H20N2O4/c1-9(2)7-10-8-12(20-15-10)13(17)16-6-4-5-11(16)14(18)19-3/h8-9,11H,4-7H2,1-3H3/t11-/m1/s1. The summed E-state index contributed by atoms with van der Waals surface area (Å²) in [5.74, 6) is -0.0349. The number of hydrogen-bond donors (Lipinski definition) is 0. The Bertz CT molecular complexity index is 495. The van der Waals surface area contributed by atoms with Crippen molar-refractivity contribution < 1.29 is 18.8 Å². The third-order valence-electron chi connectivity index (χ3n) is 3.37. The Morgan fingerprint density at radius 2 is 2.30 bits per heavy atom. The van der Waals surface area contributed by atoms with Gasteiger partial charge < -0.3 is 14.2 Å². The molecule has 2 rings (SSSR count). The van der Waals surface area contributed by atoms with E-state index < -0.39 is 6.04 Å². The highest BCUT2D eigenvalue weighted by Crippen LogP contribution is 2.21. The van der Waals surface area contributed by atoms with Gasteiger partial charge in [-0.05, 0) is 25.2 Å². The third-order valence-corrected chi connectivity index (χ3v) is 3.37. The molecule has 6 nitrogen and oxygen atoms in total. The van der Waals surface area contributed by atoms with Gasteiger partial charge in [-0.1, -0.05) is 19.0 Å². The summed E-state index contributed by atoms with van der Waals surface area (Å²) in [4.78, 5) is 25.5. The lowest BCUT2D eigenvalue weighted by Gasteiger charge is -2.20. The van der Waals surface area contributed by atoms with Gasteiger partial charge in [0.1, 0.15) is 6.04 Å². The molecule has 0 saturated carbocycles. The van der Waals surface area contributed by atoms with Crippen LogP contribution in [0.1, 0.15) is 42.9 Å².